The largest absolute Gasteiger partial charge is 0.507 e. The predicted molar refractivity (Wildman–Crippen MR) is 117 cm³/mol. The van der Waals surface area contributed by atoms with Crippen LogP contribution in [-0.4, -0.2) is 62.3 Å². The van der Waals surface area contributed by atoms with Gasteiger partial charge in [-0.3, -0.25) is 9.59 Å². The van der Waals surface area contributed by atoms with Gasteiger partial charge in [0.05, 0.1) is 33.2 Å². The number of hydrogen-bond acceptors (Lipinski definition) is 5. The molecular weight excluding hydrogens is 396 g/mol. The number of hydrogen-bond donors (Lipinski definition) is 2. The van der Waals surface area contributed by atoms with Gasteiger partial charge in [-0.1, -0.05) is 6.92 Å². The Hall–Kier alpha value is -2.28. The van der Waals surface area contributed by atoms with Gasteiger partial charge >= 0.3 is 5.97 Å². The summed E-state index contributed by atoms with van der Waals surface area (Å²) >= 11 is 0. The first-order chi connectivity index (χ1) is 14.9. The second-order valence-corrected chi connectivity index (χ2v) is 8.97. The quantitative estimate of drug-likeness (QED) is 0.639. The first-order valence-electron chi connectivity index (χ1n) is 11.5. The van der Waals surface area contributed by atoms with Crippen LogP contribution in [0.25, 0.3) is 0 Å². The van der Waals surface area contributed by atoms with E-state index in [-0.39, 0.29) is 23.5 Å². The van der Waals surface area contributed by atoms with Gasteiger partial charge in [-0.25, -0.2) is 0 Å². The van der Waals surface area contributed by atoms with Gasteiger partial charge in [-0.05, 0) is 37.3 Å². The highest BCUT2D eigenvalue weighted by molar-refractivity contribution is 5.77. The molecule has 2 heterocycles. The van der Waals surface area contributed by atoms with Crippen molar-refractivity contribution >= 4 is 11.9 Å². The standard InChI is InChI=1S/C24H36N2O5/c1-4-17-15-25(16-20-5-6-21(30-2)14-22(20)27)10-7-19(17)13-23(28)26-11-8-18(9-12-26)24(29)31-3/h5-6,14,17-19,27H,4,7-13,15-16H2,1-3H3/p+1/t17-,19-/m0/s1. The molecule has 0 radical (unpaired) electrons. The lowest BCUT2D eigenvalue weighted by Crippen LogP contribution is -3.12. The molecule has 172 valence electrons. The van der Waals surface area contributed by atoms with Gasteiger partial charge in [0.15, 0.2) is 0 Å². The van der Waals surface area contributed by atoms with Crippen LogP contribution in [0.2, 0.25) is 0 Å². The van der Waals surface area contributed by atoms with Crippen molar-refractivity contribution in [3.05, 3.63) is 23.8 Å². The van der Waals surface area contributed by atoms with Crippen molar-refractivity contribution < 1.29 is 29.1 Å². The minimum absolute atomic E-state index is 0.0707. The van der Waals surface area contributed by atoms with E-state index in [9.17, 15) is 14.7 Å². The number of nitrogens with one attached hydrogen (secondary N) is 1. The molecule has 2 fully saturated rings. The van der Waals surface area contributed by atoms with Crippen molar-refractivity contribution in [2.45, 2.75) is 45.6 Å². The number of carbonyl (C=O) groups is 2. The number of phenols is 1. The summed E-state index contributed by atoms with van der Waals surface area (Å²) in [6.45, 7) is 6.31. The summed E-state index contributed by atoms with van der Waals surface area (Å²) < 4.78 is 10.0. The molecule has 1 amide bonds. The zero-order chi connectivity index (χ0) is 22.4. The number of phenolic OH excluding ortho intramolecular Hbond substituents is 1. The molecule has 1 aromatic carbocycles. The summed E-state index contributed by atoms with van der Waals surface area (Å²) in [6.07, 6.45) is 4.07. The van der Waals surface area contributed by atoms with E-state index in [1.807, 2.05) is 17.0 Å². The van der Waals surface area contributed by atoms with Gasteiger partial charge in [-0.2, -0.15) is 0 Å². The van der Waals surface area contributed by atoms with Crippen molar-refractivity contribution in [1.82, 2.24) is 4.90 Å². The molecule has 3 rings (SSSR count). The number of methoxy groups -OCH3 is 2. The molecule has 1 aromatic rings. The summed E-state index contributed by atoms with van der Waals surface area (Å²) in [4.78, 5) is 28.0. The smallest absolute Gasteiger partial charge is 0.308 e. The van der Waals surface area contributed by atoms with Crippen LogP contribution in [0.3, 0.4) is 0 Å². The minimum atomic E-state index is -0.156. The normalized spacial score (nSPS) is 24.6. The van der Waals surface area contributed by atoms with Crippen LogP contribution in [0, 0.1) is 17.8 Å². The van der Waals surface area contributed by atoms with Gasteiger partial charge < -0.3 is 24.4 Å². The van der Waals surface area contributed by atoms with Crippen LogP contribution in [-0.2, 0) is 20.9 Å². The molecule has 1 unspecified atom stereocenters. The van der Waals surface area contributed by atoms with Crippen LogP contribution in [0.15, 0.2) is 18.2 Å². The number of rotatable bonds is 7. The Morgan fingerprint density at radius 3 is 2.52 bits per heavy atom. The predicted octanol–water partition coefficient (Wildman–Crippen LogP) is 1.63. The van der Waals surface area contributed by atoms with Gasteiger partial charge in [0.1, 0.15) is 18.0 Å². The van der Waals surface area contributed by atoms with E-state index in [2.05, 4.69) is 6.92 Å². The van der Waals surface area contributed by atoms with Crippen molar-refractivity contribution in [2.75, 3.05) is 40.4 Å². The Labute approximate surface area is 185 Å². The minimum Gasteiger partial charge on any atom is -0.507 e. The Morgan fingerprint density at radius 1 is 1.16 bits per heavy atom. The molecule has 2 aliphatic heterocycles. The number of ether oxygens (including phenoxy) is 2. The average Bonchev–Trinajstić information content (AvgIpc) is 2.80. The number of aromatic hydroxyl groups is 1. The number of likely N-dealkylation sites (tertiary alicyclic amines) is 2. The lowest BCUT2D eigenvalue weighted by Gasteiger charge is -2.37. The monoisotopic (exact) mass is 433 g/mol. The molecule has 3 atom stereocenters. The molecule has 31 heavy (non-hydrogen) atoms. The maximum atomic E-state index is 12.9. The molecule has 0 bridgehead atoms. The van der Waals surface area contributed by atoms with Crippen molar-refractivity contribution in [2.24, 2.45) is 17.8 Å². The van der Waals surface area contributed by atoms with Gasteiger partial charge in [0, 0.05) is 43.5 Å². The lowest BCUT2D eigenvalue weighted by atomic mass is 9.81. The Kier molecular flexibility index (Phi) is 8.18. The maximum absolute atomic E-state index is 12.9. The summed E-state index contributed by atoms with van der Waals surface area (Å²) in [5, 5.41) is 10.3. The van der Waals surface area contributed by atoms with Gasteiger partial charge in [-0.15, -0.1) is 0 Å². The highest BCUT2D eigenvalue weighted by atomic mass is 16.5. The first-order valence-corrected chi connectivity index (χ1v) is 11.5. The van der Waals surface area contributed by atoms with Crippen LogP contribution in [0.1, 0.15) is 44.6 Å². The van der Waals surface area contributed by atoms with Gasteiger partial charge in [0.2, 0.25) is 5.91 Å². The average molecular weight is 434 g/mol. The van der Waals surface area contributed by atoms with Crippen LogP contribution in [0.4, 0.5) is 0 Å². The highest BCUT2D eigenvalue weighted by Crippen LogP contribution is 2.27. The van der Waals surface area contributed by atoms with E-state index in [0.717, 1.165) is 38.0 Å². The fraction of sp³-hybridized carbons (Fsp3) is 0.667. The van der Waals surface area contributed by atoms with E-state index >= 15 is 0 Å². The third-order valence-corrected chi connectivity index (χ3v) is 7.16. The fourth-order valence-electron chi connectivity index (χ4n) is 5.15. The lowest BCUT2D eigenvalue weighted by molar-refractivity contribution is -0.923. The number of benzene rings is 1. The van der Waals surface area contributed by atoms with Crippen molar-refractivity contribution in [3.8, 4) is 11.5 Å². The van der Waals surface area contributed by atoms with E-state index in [1.54, 1.807) is 13.2 Å². The number of amides is 1. The third-order valence-electron chi connectivity index (χ3n) is 7.16. The summed E-state index contributed by atoms with van der Waals surface area (Å²) in [5.41, 5.74) is 0.939. The molecule has 0 spiro atoms. The molecule has 0 saturated carbocycles. The number of carbonyl (C=O) groups excluding carboxylic acids is 2. The number of quaternary nitrogens is 1. The van der Waals surface area contributed by atoms with Crippen molar-refractivity contribution in [1.29, 1.82) is 0 Å². The topological polar surface area (TPSA) is 80.5 Å². The first kappa shape index (κ1) is 23.4. The fourth-order valence-corrected chi connectivity index (χ4v) is 5.15. The molecule has 2 N–H and O–H groups in total. The molecular formula is C24H37N2O5+. The van der Waals surface area contributed by atoms with E-state index in [4.69, 9.17) is 9.47 Å². The maximum Gasteiger partial charge on any atom is 0.308 e. The number of piperidine rings is 2. The Balaban J connectivity index is 1.51. The van der Waals surface area contributed by atoms with Gasteiger partial charge in [0.25, 0.3) is 0 Å². The highest BCUT2D eigenvalue weighted by Gasteiger charge is 2.35. The zero-order valence-electron chi connectivity index (χ0n) is 19.1. The van der Waals surface area contributed by atoms with Crippen LogP contribution in [0.5, 0.6) is 11.5 Å². The van der Waals surface area contributed by atoms with Crippen LogP contribution < -0.4 is 9.64 Å². The third kappa shape index (κ3) is 5.91. The summed E-state index contributed by atoms with van der Waals surface area (Å²) in [5.74, 6) is 1.85. The number of nitrogens with zero attached hydrogens (tertiary/aromatic N) is 1. The zero-order valence-corrected chi connectivity index (χ0v) is 19.1. The molecule has 7 heteroatoms. The van der Waals surface area contributed by atoms with E-state index < -0.39 is 0 Å². The van der Waals surface area contributed by atoms with E-state index in [1.165, 1.54) is 12.0 Å². The Morgan fingerprint density at radius 2 is 1.90 bits per heavy atom. The molecule has 0 aromatic heterocycles. The Bertz CT molecular complexity index is 760. The molecule has 0 aliphatic carbocycles. The SMILES string of the molecule is CC[C@H]1C[NH+](Cc2ccc(OC)cc2O)CC[C@H]1CC(=O)N1CCC(C(=O)OC)CC1. The molecule has 7 nitrogen and oxygen atoms in total. The second-order valence-electron chi connectivity index (χ2n) is 8.97. The molecule has 2 saturated heterocycles. The summed E-state index contributed by atoms with van der Waals surface area (Å²) in [6, 6.07) is 5.50. The van der Waals surface area contributed by atoms with E-state index in [0.29, 0.717) is 49.9 Å². The van der Waals surface area contributed by atoms with Crippen LogP contribution >= 0.6 is 0 Å². The second kappa shape index (κ2) is 10.8. The number of esters is 1. The molecule has 2 aliphatic rings. The van der Waals surface area contributed by atoms with Crippen molar-refractivity contribution in [3.63, 3.8) is 0 Å². The summed E-state index contributed by atoms with van der Waals surface area (Å²) in [7, 11) is 3.02.